The number of hydrogen-bond donors (Lipinski definition) is 1. The van der Waals surface area contributed by atoms with E-state index in [0.29, 0.717) is 32.0 Å². The van der Waals surface area contributed by atoms with Gasteiger partial charge in [-0.15, -0.1) is 0 Å². The lowest BCUT2D eigenvalue weighted by atomic mass is 10.2. The van der Waals surface area contributed by atoms with Crippen LogP contribution in [0.2, 0.25) is 0 Å². The third-order valence-electron chi connectivity index (χ3n) is 3.93. The van der Waals surface area contributed by atoms with Crippen LogP contribution < -0.4 is 5.32 Å². The third-order valence-corrected chi connectivity index (χ3v) is 5.31. The highest BCUT2D eigenvalue weighted by atomic mass is 32.2. The molecule has 0 bridgehead atoms. The molecule has 0 aliphatic carbocycles. The highest BCUT2D eigenvalue weighted by Gasteiger charge is 2.31. The summed E-state index contributed by atoms with van der Waals surface area (Å²) in [5.74, 6) is -3.69. The largest absolute Gasteiger partial charge is 0.375 e. The van der Waals surface area contributed by atoms with Gasteiger partial charge >= 0.3 is 5.76 Å². The lowest BCUT2D eigenvalue weighted by Crippen LogP contribution is -2.31. The molecule has 0 spiro atoms. The zero-order chi connectivity index (χ0) is 18.8. The number of nitrogens with one attached hydrogen (secondary N) is 1. The molecule has 25 heavy (non-hydrogen) atoms. The van der Waals surface area contributed by atoms with Crippen molar-refractivity contribution in [2.45, 2.75) is 36.5 Å². The molecule has 1 N–H and O–H groups in total. The number of alkyl halides is 2. The van der Waals surface area contributed by atoms with Crippen molar-refractivity contribution in [1.29, 1.82) is 0 Å². The monoisotopic (exact) mass is 377 g/mol. The zero-order valence-corrected chi connectivity index (χ0v) is 14.1. The van der Waals surface area contributed by atoms with Crippen molar-refractivity contribution in [3.05, 3.63) is 28.3 Å². The van der Waals surface area contributed by atoms with Crippen LogP contribution in [0.5, 0.6) is 0 Å². The summed E-state index contributed by atoms with van der Waals surface area (Å²) in [7, 11) is -4.92. The summed E-state index contributed by atoms with van der Waals surface area (Å²) in [6.45, 7) is 2.60. The Labute approximate surface area is 142 Å². The van der Waals surface area contributed by atoms with Crippen LogP contribution in [0, 0.1) is 10.1 Å². The Morgan fingerprint density at radius 2 is 2.16 bits per heavy atom. The Bertz CT molecular complexity index is 785. The molecular formula is C14H17F2N3O5S. The number of halogens is 2. The molecule has 11 heteroatoms. The van der Waals surface area contributed by atoms with E-state index in [9.17, 15) is 32.1 Å². The van der Waals surface area contributed by atoms with Gasteiger partial charge in [-0.3, -0.25) is 14.9 Å². The van der Waals surface area contributed by atoms with Gasteiger partial charge in [-0.1, -0.05) is 6.92 Å². The van der Waals surface area contributed by atoms with Crippen LogP contribution in [0.25, 0.3) is 0 Å². The molecule has 1 amide bonds. The molecule has 1 aliphatic rings. The van der Waals surface area contributed by atoms with E-state index < -0.39 is 31.1 Å². The van der Waals surface area contributed by atoms with Gasteiger partial charge in [0.25, 0.3) is 5.69 Å². The summed E-state index contributed by atoms with van der Waals surface area (Å²) < 4.78 is 48.2. The van der Waals surface area contributed by atoms with Gasteiger partial charge in [0.05, 0.1) is 9.82 Å². The Morgan fingerprint density at radius 1 is 1.48 bits per heavy atom. The number of sulfone groups is 1. The fourth-order valence-electron chi connectivity index (χ4n) is 2.61. The standard InChI is InChI=1S/C14H17F2N3O5S/c1-2-13(20)18-6-5-9(8-18)17-11-4-3-10(7-12(11)19(21)22)25(23,24)14(15)16/h3-4,7,9,14,17H,2,5-6,8H2,1H3. The molecule has 138 valence electrons. The van der Waals surface area contributed by atoms with Gasteiger partial charge in [-0.25, -0.2) is 8.42 Å². The van der Waals surface area contributed by atoms with Crippen LogP contribution in [-0.4, -0.2) is 49.0 Å². The first kappa shape index (κ1) is 19.0. The van der Waals surface area contributed by atoms with E-state index in [-0.39, 0.29) is 17.6 Å². The Kier molecular flexibility index (Phi) is 5.55. The average molecular weight is 377 g/mol. The lowest BCUT2D eigenvalue weighted by molar-refractivity contribution is -0.384. The second-order valence-electron chi connectivity index (χ2n) is 5.56. The molecule has 8 nitrogen and oxygen atoms in total. The summed E-state index contributed by atoms with van der Waals surface area (Å²) in [5, 5.41) is 14.1. The maximum atomic E-state index is 12.6. The number of amides is 1. The molecule has 1 aromatic rings. The first-order valence-corrected chi connectivity index (χ1v) is 9.06. The van der Waals surface area contributed by atoms with Gasteiger partial charge in [0, 0.05) is 31.6 Å². The van der Waals surface area contributed by atoms with Crippen LogP contribution in [0.4, 0.5) is 20.2 Å². The predicted molar refractivity (Wildman–Crippen MR) is 85.2 cm³/mol. The normalized spacial score (nSPS) is 17.8. The Balaban J connectivity index is 2.25. The lowest BCUT2D eigenvalue weighted by Gasteiger charge is -2.17. The summed E-state index contributed by atoms with van der Waals surface area (Å²) in [6.07, 6.45) is 0.924. The van der Waals surface area contributed by atoms with E-state index in [2.05, 4.69) is 5.32 Å². The number of carbonyl (C=O) groups is 1. The number of rotatable bonds is 6. The molecule has 2 rings (SSSR count). The Hall–Kier alpha value is -2.30. The number of benzene rings is 1. The second-order valence-corrected chi connectivity index (χ2v) is 7.48. The molecule has 0 saturated carbocycles. The number of hydrogen-bond acceptors (Lipinski definition) is 6. The van der Waals surface area contributed by atoms with E-state index in [1.807, 2.05) is 0 Å². The molecule has 1 unspecified atom stereocenters. The molecular weight excluding hydrogens is 360 g/mol. The van der Waals surface area contributed by atoms with E-state index in [1.54, 1.807) is 11.8 Å². The van der Waals surface area contributed by atoms with Crippen molar-refractivity contribution in [1.82, 2.24) is 4.90 Å². The van der Waals surface area contributed by atoms with Crippen LogP contribution in [0.1, 0.15) is 19.8 Å². The summed E-state index contributed by atoms with van der Waals surface area (Å²) >= 11 is 0. The second kappa shape index (κ2) is 7.30. The molecule has 1 atom stereocenters. The molecule has 1 aliphatic heterocycles. The fraction of sp³-hybridized carbons (Fsp3) is 0.500. The first-order chi connectivity index (χ1) is 11.7. The fourth-order valence-corrected chi connectivity index (χ4v) is 3.35. The number of nitrogens with zero attached hydrogens (tertiary/aromatic N) is 2. The highest BCUT2D eigenvalue weighted by molar-refractivity contribution is 7.91. The van der Waals surface area contributed by atoms with Gasteiger partial charge in [0.15, 0.2) is 0 Å². The quantitative estimate of drug-likeness (QED) is 0.600. The third kappa shape index (κ3) is 4.03. The SMILES string of the molecule is CCC(=O)N1CCC(Nc2ccc(S(=O)(=O)C(F)F)cc2[N+](=O)[O-])C1. The molecule has 0 radical (unpaired) electrons. The molecule has 1 fully saturated rings. The minimum absolute atomic E-state index is 0.0222. The van der Waals surface area contributed by atoms with E-state index in [1.165, 1.54) is 0 Å². The first-order valence-electron chi connectivity index (χ1n) is 7.51. The molecule has 1 saturated heterocycles. The average Bonchev–Trinajstić information content (AvgIpc) is 3.02. The van der Waals surface area contributed by atoms with Gasteiger partial charge in [0.2, 0.25) is 15.7 Å². The summed E-state index contributed by atoms with van der Waals surface area (Å²) in [4.78, 5) is 22.8. The highest BCUT2D eigenvalue weighted by Crippen LogP contribution is 2.31. The number of nitro groups is 1. The van der Waals surface area contributed by atoms with E-state index in [0.717, 1.165) is 12.1 Å². The number of anilines is 1. The van der Waals surface area contributed by atoms with Crippen molar-refractivity contribution in [2.75, 3.05) is 18.4 Å². The van der Waals surface area contributed by atoms with Crippen molar-refractivity contribution in [2.24, 2.45) is 0 Å². The van der Waals surface area contributed by atoms with Gasteiger partial charge in [0.1, 0.15) is 5.69 Å². The minimum Gasteiger partial charge on any atom is -0.375 e. The van der Waals surface area contributed by atoms with Crippen LogP contribution >= 0.6 is 0 Å². The number of nitro benzene ring substituents is 1. The van der Waals surface area contributed by atoms with Crippen LogP contribution in [-0.2, 0) is 14.6 Å². The van der Waals surface area contributed by atoms with Gasteiger partial charge in [-0.05, 0) is 18.6 Å². The van der Waals surface area contributed by atoms with Crippen molar-refractivity contribution < 1.29 is 26.9 Å². The summed E-state index contributed by atoms with van der Waals surface area (Å²) in [5.41, 5.74) is -0.587. The maximum absolute atomic E-state index is 12.6. The van der Waals surface area contributed by atoms with E-state index in [4.69, 9.17) is 0 Å². The minimum atomic E-state index is -4.92. The zero-order valence-electron chi connectivity index (χ0n) is 13.3. The molecule has 1 aromatic carbocycles. The predicted octanol–water partition coefficient (Wildman–Crippen LogP) is 2.01. The smallest absolute Gasteiger partial charge is 0.341 e. The maximum Gasteiger partial charge on any atom is 0.341 e. The van der Waals surface area contributed by atoms with E-state index >= 15 is 0 Å². The topological polar surface area (TPSA) is 110 Å². The van der Waals surface area contributed by atoms with Gasteiger partial charge < -0.3 is 10.2 Å². The molecule has 1 heterocycles. The van der Waals surface area contributed by atoms with Crippen LogP contribution in [0.15, 0.2) is 23.1 Å². The van der Waals surface area contributed by atoms with Crippen molar-refractivity contribution in [3.63, 3.8) is 0 Å². The Morgan fingerprint density at radius 3 is 2.72 bits per heavy atom. The van der Waals surface area contributed by atoms with Crippen molar-refractivity contribution in [3.8, 4) is 0 Å². The number of likely N-dealkylation sites (tertiary alicyclic amines) is 1. The molecule has 0 aromatic heterocycles. The van der Waals surface area contributed by atoms with Gasteiger partial charge in [-0.2, -0.15) is 8.78 Å². The van der Waals surface area contributed by atoms with Crippen LogP contribution in [0.3, 0.4) is 0 Å². The number of carbonyl (C=O) groups excluding carboxylic acids is 1. The summed E-state index contributed by atoms with van der Waals surface area (Å²) in [6, 6.07) is 2.37. The van der Waals surface area contributed by atoms with Crippen molar-refractivity contribution >= 4 is 27.1 Å².